The lowest BCUT2D eigenvalue weighted by atomic mass is 10.1. The summed E-state index contributed by atoms with van der Waals surface area (Å²) in [5.74, 6) is 0.904. The first-order chi connectivity index (χ1) is 8.25. The summed E-state index contributed by atoms with van der Waals surface area (Å²) in [7, 11) is 0. The maximum atomic E-state index is 6.09. The predicted molar refractivity (Wildman–Crippen MR) is 69.7 cm³/mol. The lowest BCUT2D eigenvalue weighted by molar-refractivity contribution is 0.858. The van der Waals surface area contributed by atoms with Gasteiger partial charge in [0.25, 0.3) is 0 Å². The topological polar surface area (TPSA) is 42.2 Å². The zero-order valence-electron chi connectivity index (χ0n) is 9.85. The Bertz CT molecular complexity index is 538. The van der Waals surface area contributed by atoms with E-state index in [4.69, 9.17) is 5.73 Å². The quantitative estimate of drug-likeness (QED) is 0.810. The van der Waals surface area contributed by atoms with Crippen molar-refractivity contribution in [1.82, 2.24) is 4.98 Å². The number of fused-ring (bicyclic) bond motifs is 1. The van der Waals surface area contributed by atoms with Gasteiger partial charge in [-0.05, 0) is 29.7 Å². The molecule has 0 saturated carbocycles. The average molecular weight is 225 g/mol. The van der Waals surface area contributed by atoms with Crippen LogP contribution in [0.2, 0.25) is 0 Å². The van der Waals surface area contributed by atoms with Crippen molar-refractivity contribution in [2.24, 2.45) is 0 Å². The fourth-order valence-corrected chi connectivity index (χ4v) is 2.29. The summed E-state index contributed by atoms with van der Waals surface area (Å²) < 4.78 is 0. The van der Waals surface area contributed by atoms with Gasteiger partial charge in [-0.3, -0.25) is 0 Å². The largest absolute Gasteiger partial charge is 0.396 e. The fraction of sp³-hybridized carbons (Fsp3) is 0.214. The molecule has 0 radical (unpaired) electrons. The third-order valence-electron chi connectivity index (χ3n) is 3.33. The van der Waals surface area contributed by atoms with Gasteiger partial charge in [-0.15, -0.1) is 0 Å². The first-order valence-electron chi connectivity index (χ1n) is 5.78. The smallest absolute Gasteiger partial charge is 0.152 e. The summed E-state index contributed by atoms with van der Waals surface area (Å²) in [4.78, 5) is 6.63. The van der Waals surface area contributed by atoms with Crippen molar-refractivity contribution in [2.75, 3.05) is 10.6 Å². The van der Waals surface area contributed by atoms with Gasteiger partial charge < -0.3 is 10.6 Å². The van der Waals surface area contributed by atoms with Gasteiger partial charge in [0.05, 0.1) is 5.69 Å². The molecule has 0 bridgehead atoms. The SMILES string of the molecule is Cc1ccnc(N2Cc3ccccc3C2)c1N. The molecular formula is C14H15N3. The minimum atomic E-state index is 0.792. The van der Waals surface area contributed by atoms with Crippen LogP contribution in [0, 0.1) is 6.92 Å². The Labute approximate surface area is 101 Å². The number of hydrogen-bond donors (Lipinski definition) is 1. The van der Waals surface area contributed by atoms with Gasteiger partial charge in [0, 0.05) is 19.3 Å². The zero-order chi connectivity index (χ0) is 11.8. The van der Waals surface area contributed by atoms with E-state index in [0.29, 0.717) is 0 Å². The van der Waals surface area contributed by atoms with Crippen LogP contribution in [0.3, 0.4) is 0 Å². The van der Waals surface area contributed by atoms with Gasteiger partial charge in [-0.25, -0.2) is 4.98 Å². The van der Waals surface area contributed by atoms with Crippen molar-refractivity contribution < 1.29 is 0 Å². The van der Waals surface area contributed by atoms with Crippen LogP contribution in [0.25, 0.3) is 0 Å². The molecule has 1 aromatic heterocycles. The summed E-state index contributed by atoms with van der Waals surface area (Å²) >= 11 is 0. The monoisotopic (exact) mass is 225 g/mol. The molecule has 0 fully saturated rings. The van der Waals surface area contributed by atoms with Crippen LogP contribution in [0.1, 0.15) is 16.7 Å². The normalized spacial score (nSPS) is 13.8. The van der Waals surface area contributed by atoms with E-state index in [2.05, 4.69) is 34.1 Å². The highest BCUT2D eigenvalue weighted by Crippen LogP contribution is 2.31. The highest BCUT2D eigenvalue weighted by atomic mass is 15.2. The first-order valence-corrected chi connectivity index (χ1v) is 5.78. The van der Waals surface area contributed by atoms with Crippen molar-refractivity contribution in [3.63, 3.8) is 0 Å². The molecule has 0 unspecified atom stereocenters. The van der Waals surface area contributed by atoms with E-state index < -0.39 is 0 Å². The van der Waals surface area contributed by atoms with Crippen LogP contribution >= 0.6 is 0 Å². The maximum absolute atomic E-state index is 6.09. The van der Waals surface area contributed by atoms with Crippen molar-refractivity contribution in [3.05, 3.63) is 53.2 Å². The van der Waals surface area contributed by atoms with E-state index in [1.807, 2.05) is 19.2 Å². The molecule has 2 N–H and O–H groups in total. The second kappa shape index (κ2) is 3.77. The van der Waals surface area contributed by atoms with E-state index in [1.165, 1.54) is 11.1 Å². The van der Waals surface area contributed by atoms with Crippen LogP contribution in [0.4, 0.5) is 11.5 Å². The minimum absolute atomic E-state index is 0.792. The standard InChI is InChI=1S/C14H15N3/c1-10-6-7-16-14(13(10)15)17-8-11-4-2-3-5-12(11)9-17/h2-7H,8-9,15H2,1H3. The number of anilines is 2. The van der Waals surface area contributed by atoms with Gasteiger partial charge in [-0.1, -0.05) is 24.3 Å². The average Bonchev–Trinajstić information content (AvgIpc) is 2.76. The number of aryl methyl sites for hydroxylation is 1. The van der Waals surface area contributed by atoms with Crippen LogP contribution in [-0.2, 0) is 13.1 Å². The first kappa shape index (κ1) is 10.1. The molecule has 0 atom stereocenters. The van der Waals surface area contributed by atoms with Gasteiger partial charge >= 0.3 is 0 Å². The van der Waals surface area contributed by atoms with Crippen LogP contribution in [0.5, 0.6) is 0 Å². The van der Waals surface area contributed by atoms with Crippen LogP contribution in [-0.4, -0.2) is 4.98 Å². The number of rotatable bonds is 1. The number of nitrogens with two attached hydrogens (primary N) is 1. The van der Waals surface area contributed by atoms with Gasteiger partial charge in [0.2, 0.25) is 0 Å². The van der Waals surface area contributed by atoms with E-state index in [0.717, 1.165) is 30.2 Å². The Hall–Kier alpha value is -2.03. The Morgan fingerprint density at radius 1 is 1.12 bits per heavy atom. The van der Waals surface area contributed by atoms with E-state index >= 15 is 0 Å². The Balaban J connectivity index is 1.97. The van der Waals surface area contributed by atoms with Crippen molar-refractivity contribution in [2.45, 2.75) is 20.0 Å². The molecule has 17 heavy (non-hydrogen) atoms. The van der Waals surface area contributed by atoms with E-state index in [-0.39, 0.29) is 0 Å². The molecule has 86 valence electrons. The molecule has 2 heterocycles. The number of aromatic nitrogens is 1. The molecule has 3 nitrogen and oxygen atoms in total. The van der Waals surface area contributed by atoms with E-state index in [1.54, 1.807) is 0 Å². The summed E-state index contributed by atoms with van der Waals surface area (Å²) in [5, 5.41) is 0. The van der Waals surface area contributed by atoms with Gasteiger partial charge in [0.15, 0.2) is 5.82 Å². The fourth-order valence-electron chi connectivity index (χ4n) is 2.29. The van der Waals surface area contributed by atoms with Crippen LogP contribution in [0.15, 0.2) is 36.5 Å². The summed E-state index contributed by atoms with van der Waals surface area (Å²) in [6.45, 7) is 3.82. The lowest BCUT2D eigenvalue weighted by Crippen LogP contribution is -2.18. The second-order valence-corrected chi connectivity index (χ2v) is 4.49. The zero-order valence-corrected chi connectivity index (χ0v) is 9.85. The van der Waals surface area contributed by atoms with Crippen LogP contribution < -0.4 is 10.6 Å². The van der Waals surface area contributed by atoms with Crippen molar-refractivity contribution in [1.29, 1.82) is 0 Å². The second-order valence-electron chi connectivity index (χ2n) is 4.49. The summed E-state index contributed by atoms with van der Waals surface area (Å²) in [6, 6.07) is 10.4. The third-order valence-corrected chi connectivity index (χ3v) is 3.33. The van der Waals surface area contributed by atoms with Gasteiger partial charge in [-0.2, -0.15) is 0 Å². The lowest BCUT2D eigenvalue weighted by Gasteiger charge is -2.19. The molecular weight excluding hydrogens is 210 g/mol. The molecule has 3 rings (SSSR count). The van der Waals surface area contributed by atoms with Crippen molar-refractivity contribution >= 4 is 11.5 Å². The molecule has 0 aliphatic carbocycles. The Kier molecular flexibility index (Phi) is 2.25. The number of nitrogen functional groups attached to an aromatic ring is 1. The predicted octanol–water partition coefficient (Wildman–Crippen LogP) is 2.49. The molecule has 0 saturated heterocycles. The number of nitrogens with zero attached hydrogens (tertiary/aromatic N) is 2. The van der Waals surface area contributed by atoms with Gasteiger partial charge in [0.1, 0.15) is 0 Å². The Morgan fingerprint density at radius 3 is 2.41 bits per heavy atom. The molecule has 1 aliphatic rings. The number of pyridine rings is 1. The highest BCUT2D eigenvalue weighted by molar-refractivity contribution is 5.67. The molecule has 2 aromatic rings. The molecule has 3 heteroatoms. The Morgan fingerprint density at radius 2 is 1.76 bits per heavy atom. The highest BCUT2D eigenvalue weighted by Gasteiger charge is 2.21. The minimum Gasteiger partial charge on any atom is -0.396 e. The summed E-state index contributed by atoms with van der Waals surface area (Å²) in [6.07, 6.45) is 1.82. The molecule has 0 spiro atoms. The third kappa shape index (κ3) is 1.64. The van der Waals surface area contributed by atoms with Crippen molar-refractivity contribution in [3.8, 4) is 0 Å². The molecule has 0 amide bonds. The maximum Gasteiger partial charge on any atom is 0.152 e. The van der Waals surface area contributed by atoms with E-state index in [9.17, 15) is 0 Å². The molecule has 1 aliphatic heterocycles. The number of hydrogen-bond acceptors (Lipinski definition) is 3. The number of benzene rings is 1. The molecule has 1 aromatic carbocycles. The summed E-state index contributed by atoms with van der Waals surface area (Å²) in [5.41, 5.74) is 10.7.